The zero-order chi connectivity index (χ0) is 16.2. The summed E-state index contributed by atoms with van der Waals surface area (Å²) in [5.74, 6) is 5.06. The van der Waals surface area contributed by atoms with Crippen LogP contribution in [0, 0.1) is 11.8 Å². The summed E-state index contributed by atoms with van der Waals surface area (Å²) < 4.78 is 24.0. The van der Waals surface area contributed by atoms with Crippen LogP contribution in [0.25, 0.3) is 0 Å². The Morgan fingerprint density at radius 1 is 1.41 bits per heavy atom. The third-order valence-corrected chi connectivity index (χ3v) is 7.84. The van der Waals surface area contributed by atoms with Crippen molar-refractivity contribution in [3.05, 3.63) is 21.9 Å². The Balaban J connectivity index is 2.43. The minimum absolute atomic E-state index is 0.0645. The lowest BCUT2D eigenvalue weighted by atomic mass is 9.95. The molecule has 1 N–H and O–H groups in total. The molecule has 4 nitrogen and oxygen atoms in total. The summed E-state index contributed by atoms with van der Waals surface area (Å²) >= 11 is 1.32. The van der Waals surface area contributed by atoms with Crippen molar-refractivity contribution in [1.82, 2.24) is 0 Å². The number of carboxylic acid groups (broad SMARTS) is 1. The van der Waals surface area contributed by atoms with Gasteiger partial charge in [0.05, 0.1) is 17.1 Å². The third kappa shape index (κ3) is 3.36. The van der Waals surface area contributed by atoms with Gasteiger partial charge >= 0.3 is 5.97 Å². The maximum absolute atomic E-state index is 12.6. The molecule has 0 amide bonds. The number of carboxylic acids is 1. The highest BCUT2D eigenvalue weighted by Crippen LogP contribution is 2.45. The molecule has 1 aromatic heterocycles. The standard InChI is InChI=1S/C16H20O4S2/c1-2-3-4-7-13-8-9-14(21-13)16(12-15(17)18)10-5-6-11-22(16,19)20/h8-9H,2-3,5-6,10-12H2,1H3,(H,17,18). The van der Waals surface area contributed by atoms with Gasteiger partial charge < -0.3 is 5.11 Å². The number of carbonyl (C=O) groups is 1. The molecule has 0 radical (unpaired) electrons. The molecule has 120 valence electrons. The van der Waals surface area contributed by atoms with Gasteiger partial charge in [-0.25, -0.2) is 8.42 Å². The Labute approximate surface area is 135 Å². The number of hydrogen-bond donors (Lipinski definition) is 1. The van der Waals surface area contributed by atoms with Gasteiger partial charge in [-0.05, 0) is 31.4 Å². The Morgan fingerprint density at radius 3 is 2.82 bits per heavy atom. The molecule has 0 bridgehead atoms. The molecule has 0 saturated carbocycles. The van der Waals surface area contributed by atoms with Gasteiger partial charge in [0, 0.05) is 11.3 Å². The summed E-state index contributed by atoms with van der Waals surface area (Å²) in [6, 6.07) is 3.54. The molecule has 1 aliphatic rings. The first-order chi connectivity index (χ1) is 10.4. The van der Waals surface area contributed by atoms with Crippen molar-refractivity contribution in [2.75, 3.05) is 5.75 Å². The predicted octanol–water partition coefficient (Wildman–Crippen LogP) is 3.17. The molecule has 0 aromatic carbocycles. The highest BCUT2D eigenvalue weighted by atomic mass is 32.2. The first kappa shape index (κ1) is 17.0. The fourth-order valence-corrected chi connectivity index (χ4v) is 6.43. The topological polar surface area (TPSA) is 71.4 Å². The van der Waals surface area contributed by atoms with E-state index in [-0.39, 0.29) is 12.2 Å². The van der Waals surface area contributed by atoms with E-state index in [4.69, 9.17) is 0 Å². The van der Waals surface area contributed by atoms with Crippen molar-refractivity contribution in [1.29, 1.82) is 0 Å². The second kappa shape index (κ2) is 6.84. The summed E-state index contributed by atoms with van der Waals surface area (Å²) in [6.07, 6.45) is 3.13. The molecule has 2 rings (SSSR count). The van der Waals surface area contributed by atoms with E-state index in [1.54, 1.807) is 12.1 Å². The van der Waals surface area contributed by atoms with Gasteiger partial charge in [0.15, 0.2) is 9.84 Å². The summed E-state index contributed by atoms with van der Waals surface area (Å²) in [5, 5.41) is 9.22. The Bertz CT molecular complexity index is 706. The van der Waals surface area contributed by atoms with Gasteiger partial charge in [-0.2, -0.15) is 0 Å². The quantitative estimate of drug-likeness (QED) is 0.855. The van der Waals surface area contributed by atoms with Crippen LogP contribution < -0.4 is 0 Å². The summed E-state index contributed by atoms with van der Waals surface area (Å²) in [7, 11) is -3.46. The molecule has 22 heavy (non-hydrogen) atoms. The molecule has 1 atom stereocenters. The van der Waals surface area contributed by atoms with Gasteiger partial charge in [0.1, 0.15) is 4.75 Å². The molecule has 0 spiro atoms. The number of sulfone groups is 1. The maximum Gasteiger partial charge on any atom is 0.305 e. The van der Waals surface area contributed by atoms with E-state index >= 15 is 0 Å². The SMILES string of the molecule is CCCC#Cc1ccc(C2(CC(=O)O)CCCCS2(=O)=O)s1. The van der Waals surface area contributed by atoms with Crippen LogP contribution in [0.5, 0.6) is 0 Å². The molecule has 0 aliphatic carbocycles. The summed E-state index contributed by atoms with van der Waals surface area (Å²) in [6.45, 7) is 2.05. The van der Waals surface area contributed by atoms with Crippen molar-refractivity contribution in [3.63, 3.8) is 0 Å². The smallest absolute Gasteiger partial charge is 0.305 e. The van der Waals surface area contributed by atoms with Crippen molar-refractivity contribution < 1.29 is 18.3 Å². The van der Waals surface area contributed by atoms with Gasteiger partial charge in [-0.1, -0.05) is 25.2 Å². The number of unbranched alkanes of at least 4 members (excludes halogenated alkanes) is 1. The van der Waals surface area contributed by atoms with Crippen molar-refractivity contribution in [2.24, 2.45) is 0 Å². The maximum atomic E-state index is 12.6. The zero-order valence-corrected chi connectivity index (χ0v) is 14.2. The average Bonchev–Trinajstić information content (AvgIpc) is 2.90. The number of hydrogen-bond acceptors (Lipinski definition) is 4. The highest BCUT2D eigenvalue weighted by Gasteiger charge is 2.49. The van der Waals surface area contributed by atoms with Crippen LogP contribution in [0.1, 0.15) is 55.2 Å². The van der Waals surface area contributed by atoms with Crippen molar-refractivity contribution in [2.45, 2.75) is 50.2 Å². The molecular formula is C16H20O4S2. The largest absolute Gasteiger partial charge is 0.481 e. The Kier molecular flexibility index (Phi) is 5.30. The molecule has 1 aromatic rings. The zero-order valence-electron chi connectivity index (χ0n) is 12.6. The number of aliphatic carboxylic acids is 1. The van der Waals surface area contributed by atoms with Gasteiger partial charge in [-0.15, -0.1) is 11.3 Å². The molecule has 1 fully saturated rings. The summed E-state index contributed by atoms with van der Waals surface area (Å²) in [5.41, 5.74) is 0. The van der Waals surface area contributed by atoms with E-state index in [2.05, 4.69) is 11.8 Å². The van der Waals surface area contributed by atoms with E-state index in [0.717, 1.165) is 24.1 Å². The van der Waals surface area contributed by atoms with Crippen LogP contribution in [0.15, 0.2) is 12.1 Å². The van der Waals surface area contributed by atoms with Gasteiger partial charge in [0.2, 0.25) is 0 Å². The van der Waals surface area contributed by atoms with Crippen LogP contribution in [-0.4, -0.2) is 25.2 Å². The normalized spacial score (nSPS) is 23.5. The van der Waals surface area contributed by atoms with E-state index < -0.39 is 20.6 Å². The Hall–Kier alpha value is -1.32. The highest BCUT2D eigenvalue weighted by molar-refractivity contribution is 7.92. The van der Waals surface area contributed by atoms with Gasteiger partial charge in [-0.3, -0.25) is 4.79 Å². The lowest BCUT2D eigenvalue weighted by Gasteiger charge is -2.34. The fourth-order valence-electron chi connectivity index (χ4n) is 2.78. The molecular weight excluding hydrogens is 320 g/mol. The number of rotatable bonds is 4. The van der Waals surface area contributed by atoms with Crippen LogP contribution in [-0.2, 0) is 19.4 Å². The third-order valence-electron chi connectivity index (χ3n) is 3.92. The second-order valence-corrected chi connectivity index (χ2v) is 9.06. The van der Waals surface area contributed by atoms with Crippen molar-refractivity contribution >= 4 is 27.1 Å². The predicted molar refractivity (Wildman–Crippen MR) is 87.7 cm³/mol. The average molecular weight is 340 g/mol. The molecule has 1 unspecified atom stereocenters. The van der Waals surface area contributed by atoms with E-state index in [9.17, 15) is 18.3 Å². The minimum atomic E-state index is -3.46. The minimum Gasteiger partial charge on any atom is -0.481 e. The molecule has 1 aliphatic heterocycles. The Morgan fingerprint density at radius 2 is 2.18 bits per heavy atom. The molecule has 6 heteroatoms. The lowest BCUT2D eigenvalue weighted by Crippen LogP contribution is -2.41. The first-order valence-corrected chi connectivity index (χ1v) is 9.91. The second-order valence-electron chi connectivity index (χ2n) is 5.56. The number of thiophene rings is 1. The van der Waals surface area contributed by atoms with E-state index in [0.29, 0.717) is 17.7 Å². The van der Waals surface area contributed by atoms with Crippen molar-refractivity contribution in [3.8, 4) is 11.8 Å². The van der Waals surface area contributed by atoms with Crippen LogP contribution in [0.3, 0.4) is 0 Å². The molecule has 1 saturated heterocycles. The molecule has 2 heterocycles. The fraction of sp³-hybridized carbons (Fsp3) is 0.562. The van der Waals surface area contributed by atoms with Crippen LogP contribution in [0.2, 0.25) is 0 Å². The lowest BCUT2D eigenvalue weighted by molar-refractivity contribution is -0.137. The van der Waals surface area contributed by atoms with E-state index in [1.807, 2.05) is 6.92 Å². The first-order valence-electron chi connectivity index (χ1n) is 7.44. The monoisotopic (exact) mass is 340 g/mol. The van der Waals surface area contributed by atoms with Gasteiger partial charge in [0.25, 0.3) is 0 Å². The van der Waals surface area contributed by atoms with Crippen LogP contribution in [0.4, 0.5) is 0 Å². The van der Waals surface area contributed by atoms with Crippen LogP contribution >= 0.6 is 11.3 Å². The summed E-state index contributed by atoms with van der Waals surface area (Å²) in [4.78, 5) is 12.7. The van der Waals surface area contributed by atoms with E-state index in [1.165, 1.54) is 11.3 Å².